The van der Waals surface area contributed by atoms with Crippen molar-refractivity contribution in [1.29, 1.82) is 0 Å². The molecule has 25 heteroatoms. The van der Waals surface area contributed by atoms with Crippen molar-refractivity contribution in [3.63, 3.8) is 0 Å². The van der Waals surface area contributed by atoms with E-state index in [1.165, 1.54) is 12.4 Å². The lowest BCUT2D eigenvalue weighted by atomic mass is 10.8. The maximum absolute atomic E-state index is 11.9. The van der Waals surface area contributed by atoms with Gasteiger partial charge >= 0.3 is 31.4 Å². The third kappa shape index (κ3) is 25.6. The minimum Gasteiger partial charge on any atom is -0.750 e. The summed E-state index contributed by atoms with van der Waals surface area (Å²) in [4.78, 5) is 12.1. The molecule has 16 nitrogen and oxygen atoms in total. The van der Waals surface area contributed by atoms with Crippen LogP contribution in [0.5, 0.6) is 0 Å². The lowest BCUT2D eigenvalue weighted by Crippen LogP contribution is -2.36. The Morgan fingerprint density at radius 3 is 1.65 bits per heavy atom. The van der Waals surface area contributed by atoms with Crippen LogP contribution < -0.4 is 9.23 Å². The van der Waals surface area contributed by atoms with Gasteiger partial charge in [-0.2, -0.15) is 25.3 Å². The maximum Gasteiger partial charge on any atom is 0.480 e. The Labute approximate surface area is 194 Å². The molecule has 0 aliphatic carbocycles. The summed E-state index contributed by atoms with van der Waals surface area (Å²) in [6, 6.07) is 0. The average molecular weight is 578 g/mol. The van der Waals surface area contributed by atoms with Crippen molar-refractivity contribution in [2.75, 3.05) is 0 Å². The van der Waals surface area contributed by atoms with Gasteiger partial charge in [0.2, 0.25) is 0 Å². The smallest absolute Gasteiger partial charge is 0.480 e. The van der Waals surface area contributed by atoms with Crippen LogP contribution in [-0.2, 0) is 47.1 Å². The van der Waals surface area contributed by atoms with Gasteiger partial charge in [0.1, 0.15) is 18.7 Å². The van der Waals surface area contributed by atoms with E-state index in [4.69, 9.17) is 22.4 Å². The number of H-pyrrole nitrogens is 2. The number of aromatic amines is 2. The summed E-state index contributed by atoms with van der Waals surface area (Å²) in [5.41, 5.74) is 0. The topological polar surface area (TPSA) is 241 Å². The Kier molecular flexibility index (Phi) is 18.7. The quantitative estimate of drug-likeness (QED) is 0.0628. The van der Waals surface area contributed by atoms with Gasteiger partial charge in [0.25, 0.3) is 6.33 Å². The predicted octanol–water partition coefficient (Wildman–Crippen LogP) is -2.42. The molecule has 3 aromatic heterocycles. The number of hydrogen-bond donors (Lipinski definition) is 2. The fourth-order valence-corrected chi connectivity index (χ4v) is 1.76. The van der Waals surface area contributed by atoms with Crippen LogP contribution in [0.15, 0.2) is 56.2 Å². The Hall–Kier alpha value is -2.71. The van der Waals surface area contributed by atoms with Crippen molar-refractivity contribution in [1.82, 2.24) is 23.9 Å². The highest BCUT2D eigenvalue weighted by molar-refractivity contribution is 7.84. The van der Waals surface area contributed by atoms with Crippen LogP contribution in [0.1, 0.15) is 0 Å². The SMILES string of the molecule is O=S(=O)(F)F.O=S(=O)(F)[n+]1cc[nH]c1.O=S(=O)(F)n1ccnc1.O=S([O-])O[O-].[B].c1c[nH]cn1. The first kappa shape index (κ1) is 35.9. The zero-order valence-corrected chi connectivity index (χ0v) is 19.1. The monoisotopic (exact) mass is 578 g/mol. The Bertz CT molecular complexity index is 1120. The van der Waals surface area contributed by atoms with E-state index in [9.17, 15) is 32.4 Å². The minimum atomic E-state index is -5.67. The van der Waals surface area contributed by atoms with Gasteiger partial charge in [-0.05, 0) is 0 Å². The summed E-state index contributed by atoms with van der Waals surface area (Å²) in [6.07, 6.45) is 11.5. The van der Waals surface area contributed by atoms with E-state index in [1.807, 2.05) is 0 Å². The van der Waals surface area contributed by atoms with E-state index in [2.05, 4.69) is 24.3 Å². The molecule has 1 unspecified atom stereocenters. The summed E-state index contributed by atoms with van der Waals surface area (Å²) >= 11 is -2.88. The summed E-state index contributed by atoms with van der Waals surface area (Å²) in [7, 11) is -14.8. The van der Waals surface area contributed by atoms with Gasteiger partial charge in [-0.3, -0.25) is 0 Å². The molecule has 2 N–H and O–H groups in total. The van der Waals surface area contributed by atoms with Crippen LogP contribution in [0.4, 0.5) is 15.5 Å². The van der Waals surface area contributed by atoms with Gasteiger partial charge in [0.15, 0.2) is 0 Å². The van der Waals surface area contributed by atoms with E-state index in [0.717, 1.165) is 25.0 Å². The highest BCUT2D eigenvalue weighted by atomic mass is 32.3. The number of halogens is 4. The second-order valence-corrected chi connectivity index (χ2v) is 7.92. The van der Waals surface area contributed by atoms with Gasteiger partial charge in [-0.1, -0.05) is 19.5 Å². The second-order valence-electron chi connectivity index (χ2n) is 4.13. The van der Waals surface area contributed by atoms with Crippen molar-refractivity contribution in [2.24, 2.45) is 0 Å². The van der Waals surface area contributed by atoms with E-state index in [-0.39, 0.29) is 8.41 Å². The molecule has 3 heterocycles. The van der Waals surface area contributed by atoms with E-state index in [1.54, 1.807) is 18.7 Å². The zero-order chi connectivity index (χ0) is 26.1. The summed E-state index contributed by atoms with van der Waals surface area (Å²) in [5, 5.41) is 8.52. The summed E-state index contributed by atoms with van der Waals surface area (Å²) in [6.45, 7) is 0. The third-order valence-electron chi connectivity index (χ3n) is 1.96. The van der Waals surface area contributed by atoms with Crippen LogP contribution in [0.2, 0.25) is 0 Å². The molecule has 0 saturated carbocycles. The fourth-order valence-electron chi connectivity index (χ4n) is 1.00. The first-order chi connectivity index (χ1) is 15.0. The number of aromatic nitrogens is 6. The molecule has 0 aliphatic heterocycles. The fraction of sp³-hybridized carbons (Fsp3) is 0. The molecule has 0 aromatic carbocycles. The molecule has 0 aliphatic rings. The molecule has 34 heavy (non-hydrogen) atoms. The first-order valence-electron chi connectivity index (χ1n) is 6.87. The second kappa shape index (κ2) is 17.7. The largest absolute Gasteiger partial charge is 0.750 e. The molecule has 3 rings (SSSR count). The zero-order valence-electron chi connectivity index (χ0n) is 15.8. The van der Waals surface area contributed by atoms with Gasteiger partial charge in [-0.25, -0.2) is 23.1 Å². The average Bonchev–Trinajstić information content (AvgIpc) is 3.46. The number of hydrogen-bond acceptors (Lipinski definition) is 12. The molecule has 193 valence electrons. The summed E-state index contributed by atoms with van der Waals surface area (Å²) < 4.78 is 121. The first-order valence-corrected chi connectivity index (χ1v) is 11.8. The number of nitrogens with zero attached hydrogens (tertiary/aromatic N) is 4. The highest BCUT2D eigenvalue weighted by Crippen LogP contribution is 1.95. The molecular formula is C9H11BF4N6O10S4-. The van der Waals surface area contributed by atoms with Crippen LogP contribution in [0.3, 0.4) is 0 Å². The Morgan fingerprint density at radius 1 is 0.971 bits per heavy atom. The molecule has 0 bridgehead atoms. The molecule has 0 fully saturated rings. The van der Waals surface area contributed by atoms with E-state index < -0.39 is 42.8 Å². The minimum absolute atomic E-state index is 0. The van der Waals surface area contributed by atoms with Crippen molar-refractivity contribution >= 4 is 51.2 Å². The van der Waals surface area contributed by atoms with Gasteiger partial charge in [0, 0.05) is 33.2 Å². The standard InChI is InChI=1S/2C3H3FN2O2S.C3H4N2.B.F2O2S.H2O4S/c2*4-9(7,8)6-2-1-5-3-6;1-2-5-3-4-1;;1-5(2,3)4;1-4-5(2)3/h2*1-3H;1-3H,(H,4,5);;;1H,(H,2,3)/p-1. The Balaban J connectivity index is -0.000000362. The molecule has 0 saturated heterocycles. The van der Waals surface area contributed by atoms with E-state index >= 15 is 0 Å². The van der Waals surface area contributed by atoms with Crippen molar-refractivity contribution < 1.29 is 63.1 Å². The number of nitrogens with one attached hydrogen (secondary N) is 2. The van der Waals surface area contributed by atoms with Crippen molar-refractivity contribution in [3.05, 3.63) is 56.2 Å². The lowest BCUT2D eigenvalue weighted by Gasteiger charge is -2.05. The summed E-state index contributed by atoms with van der Waals surface area (Å²) in [5.74, 6) is 0. The van der Waals surface area contributed by atoms with E-state index in [0.29, 0.717) is 7.94 Å². The lowest BCUT2D eigenvalue weighted by molar-refractivity contribution is -0.635. The van der Waals surface area contributed by atoms with Crippen LogP contribution >= 0.6 is 0 Å². The molecule has 3 radical (unpaired) electrons. The molecule has 0 spiro atoms. The molecule has 0 amide bonds. The van der Waals surface area contributed by atoms with Crippen LogP contribution in [-0.4, -0.2) is 66.3 Å². The van der Waals surface area contributed by atoms with Gasteiger partial charge < -0.3 is 19.1 Å². The highest BCUT2D eigenvalue weighted by Gasteiger charge is 2.14. The normalized spacial score (nSPS) is 11.2. The van der Waals surface area contributed by atoms with Gasteiger partial charge in [-0.15, -0.1) is 0 Å². The molecule has 3 aromatic rings. The van der Waals surface area contributed by atoms with Gasteiger partial charge in [0.05, 0.1) is 17.7 Å². The number of rotatable bonds is 3. The van der Waals surface area contributed by atoms with Crippen molar-refractivity contribution in [2.45, 2.75) is 0 Å². The third-order valence-corrected chi connectivity index (χ3v) is 3.53. The van der Waals surface area contributed by atoms with Crippen molar-refractivity contribution in [3.8, 4) is 0 Å². The predicted molar refractivity (Wildman–Crippen MR) is 99.5 cm³/mol. The maximum atomic E-state index is 11.9. The van der Waals surface area contributed by atoms with Crippen LogP contribution in [0.25, 0.3) is 0 Å². The Morgan fingerprint density at radius 2 is 1.50 bits per heavy atom. The molecule has 1 atom stereocenters. The molecular weight excluding hydrogens is 567 g/mol. The van der Waals surface area contributed by atoms with Crippen LogP contribution in [0, 0.1) is 0 Å². The number of imidazole rings is 3.